The molecule has 3 nitrogen and oxygen atoms in total. The van der Waals surface area contributed by atoms with Gasteiger partial charge in [-0.2, -0.15) is 11.8 Å². The summed E-state index contributed by atoms with van der Waals surface area (Å²) in [6.07, 6.45) is 0. The molecule has 0 bridgehead atoms. The fourth-order valence-electron chi connectivity index (χ4n) is 2.26. The third-order valence-electron chi connectivity index (χ3n) is 3.57. The van der Waals surface area contributed by atoms with Crippen LogP contribution in [-0.2, 0) is 10.5 Å². The molecule has 0 aliphatic rings. The number of hydrogen-bond donors (Lipinski definition) is 1. The Morgan fingerprint density at radius 3 is 2.80 bits per heavy atom. The summed E-state index contributed by atoms with van der Waals surface area (Å²) in [5.74, 6) is 1.38. The number of thioether (sulfide) groups is 1. The molecule has 2 aromatic rings. The molecule has 25 heavy (non-hydrogen) atoms. The largest absolute Gasteiger partial charge is 0.484 e. The normalized spacial score (nSPS) is 10.6. The van der Waals surface area contributed by atoms with Crippen molar-refractivity contribution in [2.45, 2.75) is 19.6 Å². The standard InChI is InChI=1S/C19H21ClFNO2S/c1-13-6-7-18(14(2)10-13)24-11-19(23)22-8-9-25-12-15-16(20)4-3-5-17(15)21/h3-7,10H,8-9,11-12H2,1-2H3,(H,22,23). The van der Waals surface area contributed by atoms with E-state index in [1.165, 1.54) is 17.8 Å². The van der Waals surface area contributed by atoms with E-state index >= 15 is 0 Å². The molecular weight excluding hydrogens is 361 g/mol. The van der Waals surface area contributed by atoms with E-state index in [-0.39, 0.29) is 18.3 Å². The van der Waals surface area contributed by atoms with Crippen LogP contribution in [-0.4, -0.2) is 24.8 Å². The molecule has 0 saturated carbocycles. The molecule has 2 rings (SSSR count). The van der Waals surface area contributed by atoms with Crippen LogP contribution in [0, 0.1) is 19.7 Å². The second kappa shape index (κ2) is 9.68. The van der Waals surface area contributed by atoms with E-state index in [9.17, 15) is 9.18 Å². The third-order valence-corrected chi connectivity index (χ3v) is 4.91. The summed E-state index contributed by atoms with van der Waals surface area (Å²) < 4.78 is 19.1. The first-order chi connectivity index (χ1) is 12.0. The molecule has 0 heterocycles. The summed E-state index contributed by atoms with van der Waals surface area (Å²) in [5.41, 5.74) is 2.66. The number of amides is 1. The molecule has 0 aromatic heterocycles. The lowest BCUT2D eigenvalue weighted by atomic mass is 10.1. The van der Waals surface area contributed by atoms with E-state index in [0.29, 0.717) is 34.4 Å². The molecule has 0 unspecified atom stereocenters. The lowest BCUT2D eigenvalue weighted by Gasteiger charge is -2.10. The highest BCUT2D eigenvalue weighted by Crippen LogP contribution is 2.23. The maximum absolute atomic E-state index is 13.6. The monoisotopic (exact) mass is 381 g/mol. The van der Waals surface area contributed by atoms with Gasteiger partial charge in [0.15, 0.2) is 6.61 Å². The zero-order valence-corrected chi connectivity index (χ0v) is 15.8. The number of carbonyl (C=O) groups is 1. The highest BCUT2D eigenvalue weighted by Gasteiger charge is 2.07. The van der Waals surface area contributed by atoms with E-state index in [2.05, 4.69) is 5.32 Å². The van der Waals surface area contributed by atoms with Crippen molar-refractivity contribution >= 4 is 29.3 Å². The Morgan fingerprint density at radius 2 is 2.08 bits per heavy atom. The van der Waals surface area contributed by atoms with Crippen LogP contribution in [0.15, 0.2) is 36.4 Å². The summed E-state index contributed by atoms with van der Waals surface area (Å²) in [7, 11) is 0. The predicted octanol–water partition coefficient (Wildman–Crippen LogP) is 4.52. The lowest BCUT2D eigenvalue weighted by Crippen LogP contribution is -2.30. The van der Waals surface area contributed by atoms with E-state index in [0.717, 1.165) is 11.1 Å². The van der Waals surface area contributed by atoms with Gasteiger partial charge in [-0.25, -0.2) is 4.39 Å². The van der Waals surface area contributed by atoms with Crippen molar-refractivity contribution in [3.05, 3.63) is 63.9 Å². The van der Waals surface area contributed by atoms with Gasteiger partial charge in [0, 0.05) is 28.6 Å². The Labute approximate surface area is 156 Å². The van der Waals surface area contributed by atoms with Crippen molar-refractivity contribution in [1.82, 2.24) is 5.32 Å². The number of aryl methyl sites for hydroxylation is 2. The van der Waals surface area contributed by atoms with Crippen molar-refractivity contribution in [1.29, 1.82) is 0 Å². The molecule has 134 valence electrons. The minimum Gasteiger partial charge on any atom is -0.484 e. The van der Waals surface area contributed by atoms with Gasteiger partial charge in [0.1, 0.15) is 11.6 Å². The third kappa shape index (κ3) is 6.25. The van der Waals surface area contributed by atoms with Gasteiger partial charge in [-0.05, 0) is 37.6 Å². The number of carbonyl (C=O) groups excluding carboxylic acids is 1. The quantitative estimate of drug-likeness (QED) is 0.683. The Kier molecular flexibility index (Phi) is 7.59. The molecule has 0 saturated heterocycles. The number of halogens is 2. The van der Waals surface area contributed by atoms with E-state index < -0.39 is 0 Å². The lowest BCUT2D eigenvalue weighted by molar-refractivity contribution is -0.122. The number of rotatable bonds is 8. The molecule has 0 fully saturated rings. The van der Waals surface area contributed by atoms with Gasteiger partial charge in [0.05, 0.1) is 0 Å². The van der Waals surface area contributed by atoms with E-state index in [4.69, 9.17) is 16.3 Å². The molecule has 0 aliphatic heterocycles. The molecule has 1 amide bonds. The maximum Gasteiger partial charge on any atom is 0.257 e. The molecular formula is C19H21ClFNO2S. The average molecular weight is 382 g/mol. The topological polar surface area (TPSA) is 38.3 Å². The summed E-state index contributed by atoms with van der Waals surface area (Å²) >= 11 is 7.49. The van der Waals surface area contributed by atoms with Gasteiger partial charge < -0.3 is 10.1 Å². The smallest absolute Gasteiger partial charge is 0.257 e. The number of benzene rings is 2. The highest BCUT2D eigenvalue weighted by atomic mass is 35.5. The Morgan fingerprint density at radius 1 is 1.28 bits per heavy atom. The van der Waals surface area contributed by atoms with Crippen LogP contribution < -0.4 is 10.1 Å². The first-order valence-corrected chi connectivity index (χ1v) is 9.48. The number of ether oxygens (including phenoxy) is 1. The van der Waals surface area contributed by atoms with Crippen molar-refractivity contribution in [3.63, 3.8) is 0 Å². The average Bonchev–Trinajstić information content (AvgIpc) is 2.56. The molecule has 0 radical (unpaired) electrons. The van der Waals surface area contributed by atoms with Crippen LogP contribution in [0.5, 0.6) is 5.75 Å². The molecule has 0 spiro atoms. The highest BCUT2D eigenvalue weighted by molar-refractivity contribution is 7.98. The molecule has 1 N–H and O–H groups in total. The Hall–Kier alpha value is -1.72. The van der Waals surface area contributed by atoms with Crippen LogP contribution in [0.1, 0.15) is 16.7 Å². The maximum atomic E-state index is 13.6. The van der Waals surface area contributed by atoms with Crippen molar-refractivity contribution in [2.24, 2.45) is 0 Å². The van der Waals surface area contributed by atoms with Crippen LogP contribution in [0.2, 0.25) is 5.02 Å². The van der Waals surface area contributed by atoms with Gasteiger partial charge >= 0.3 is 0 Å². The van der Waals surface area contributed by atoms with Crippen LogP contribution in [0.3, 0.4) is 0 Å². The zero-order chi connectivity index (χ0) is 18.2. The number of hydrogen-bond acceptors (Lipinski definition) is 3. The molecule has 6 heteroatoms. The minimum atomic E-state index is -0.300. The molecule has 0 aliphatic carbocycles. The van der Waals surface area contributed by atoms with Crippen LogP contribution in [0.25, 0.3) is 0 Å². The van der Waals surface area contributed by atoms with Crippen LogP contribution >= 0.6 is 23.4 Å². The molecule has 2 aromatic carbocycles. The van der Waals surface area contributed by atoms with E-state index in [1.54, 1.807) is 12.1 Å². The fraction of sp³-hybridized carbons (Fsp3) is 0.316. The van der Waals surface area contributed by atoms with Crippen molar-refractivity contribution in [3.8, 4) is 5.75 Å². The van der Waals surface area contributed by atoms with Crippen LogP contribution in [0.4, 0.5) is 4.39 Å². The first-order valence-electron chi connectivity index (χ1n) is 7.94. The zero-order valence-electron chi connectivity index (χ0n) is 14.3. The second-order valence-corrected chi connectivity index (χ2v) is 7.17. The summed E-state index contributed by atoms with van der Waals surface area (Å²) in [5, 5.41) is 3.22. The Balaban J connectivity index is 1.65. The summed E-state index contributed by atoms with van der Waals surface area (Å²) in [6.45, 7) is 4.43. The minimum absolute atomic E-state index is 0.0201. The van der Waals surface area contributed by atoms with Gasteiger partial charge in [0.25, 0.3) is 5.91 Å². The SMILES string of the molecule is Cc1ccc(OCC(=O)NCCSCc2c(F)cccc2Cl)c(C)c1. The number of nitrogens with one attached hydrogen (secondary N) is 1. The predicted molar refractivity (Wildman–Crippen MR) is 102 cm³/mol. The van der Waals surface area contributed by atoms with Gasteiger partial charge in [-0.1, -0.05) is 35.4 Å². The molecule has 0 atom stereocenters. The second-order valence-electron chi connectivity index (χ2n) is 5.66. The van der Waals surface area contributed by atoms with Gasteiger partial charge in [-0.15, -0.1) is 0 Å². The summed E-state index contributed by atoms with van der Waals surface area (Å²) in [6, 6.07) is 10.5. The van der Waals surface area contributed by atoms with Gasteiger partial charge in [0.2, 0.25) is 0 Å². The van der Waals surface area contributed by atoms with Crippen molar-refractivity contribution < 1.29 is 13.9 Å². The Bertz CT molecular complexity index is 719. The van der Waals surface area contributed by atoms with Crippen molar-refractivity contribution in [2.75, 3.05) is 18.9 Å². The fourth-order valence-corrected chi connectivity index (χ4v) is 3.46. The first kappa shape index (κ1) is 19.6. The van der Waals surface area contributed by atoms with E-state index in [1.807, 2.05) is 32.0 Å². The summed E-state index contributed by atoms with van der Waals surface area (Å²) in [4.78, 5) is 11.8. The van der Waals surface area contributed by atoms with Gasteiger partial charge in [-0.3, -0.25) is 4.79 Å².